The van der Waals surface area contributed by atoms with E-state index in [4.69, 9.17) is 0 Å². The highest BCUT2D eigenvalue weighted by molar-refractivity contribution is 7.10. The molecule has 0 spiro atoms. The fourth-order valence-electron chi connectivity index (χ4n) is 2.93. The first-order chi connectivity index (χ1) is 9.65. The number of piperidine rings is 1. The summed E-state index contributed by atoms with van der Waals surface area (Å²) in [5.41, 5.74) is 0. The van der Waals surface area contributed by atoms with Crippen molar-refractivity contribution in [3.63, 3.8) is 0 Å². The average molecular weight is 292 g/mol. The Morgan fingerprint density at radius 3 is 2.70 bits per heavy atom. The van der Waals surface area contributed by atoms with Crippen molar-refractivity contribution >= 4 is 23.2 Å². The zero-order valence-corrected chi connectivity index (χ0v) is 12.5. The number of thiophene rings is 1. The summed E-state index contributed by atoms with van der Waals surface area (Å²) in [4.78, 5) is 26.7. The molecule has 2 atom stereocenters. The second-order valence-electron chi connectivity index (χ2n) is 5.75. The Balaban J connectivity index is 1.46. The Kier molecular flexibility index (Phi) is 3.78. The Hall–Kier alpha value is -1.36. The monoisotopic (exact) mass is 292 g/mol. The molecule has 1 aliphatic carbocycles. The van der Waals surface area contributed by atoms with Gasteiger partial charge in [0.15, 0.2) is 0 Å². The number of carbonyl (C=O) groups excluding carboxylic acids is 2. The molecule has 5 heteroatoms. The minimum Gasteiger partial charge on any atom is -0.352 e. The fraction of sp³-hybridized carbons (Fsp3) is 0.600. The summed E-state index contributed by atoms with van der Waals surface area (Å²) in [6, 6.07) is 4.54. The molecule has 2 heterocycles. The molecule has 1 saturated carbocycles. The van der Waals surface area contributed by atoms with Gasteiger partial charge in [-0.05, 0) is 30.7 Å². The van der Waals surface area contributed by atoms with Gasteiger partial charge >= 0.3 is 0 Å². The van der Waals surface area contributed by atoms with Crippen LogP contribution in [-0.2, 0) is 9.59 Å². The molecular weight excluding hydrogens is 272 g/mol. The van der Waals surface area contributed by atoms with E-state index >= 15 is 0 Å². The van der Waals surface area contributed by atoms with E-state index in [1.807, 2.05) is 4.90 Å². The maximum Gasteiger partial charge on any atom is 0.223 e. The Labute approximate surface area is 123 Å². The van der Waals surface area contributed by atoms with Gasteiger partial charge in [0, 0.05) is 42.8 Å². The van der Waals surface area contributed by atoms with Crippen molar-refractivity contribution in [2.24, 2.45) is 5.92 Å². The summed E-state index contributed by atoms with van der Waals surface area (Å²) >= 11 is 1.77. The molecule has 20 heavy (non-hydrogen) atoms. The SMILES string of the molecule is CC(=O)N1CCC(C(=O)NC2CC2c2cccs2)CC1. The summed E-state index contributed by atoms with van der Waals surface area (Å²) in [5.74, 6) is 0.896. The highest BCUT2D eigenvalue weighted by atomic mass is 32.1. The molecule has 4 nitrogen and oxygen atoms in total. The lowest BCUT2D eigenvalue weighted by molar-refractivity contribution is -0.134. The van der Waals surface area contributed by atoms with Crippen LogP contribution in [0.4, 0.5) is 0 Å². The maximum absolute atomic E-state index is 12.2. The van der Waals surface area contributed by atoms with Crippen LogP contribution in [0.15, 0.2) is 17.5 Å². The van der Waals surface area contributed by atoms with E-state index in [1.54, 1.807) is 18.3 Å². The summed E-state index contributed by atoms with van der Waals surface area (Å²) < 4.78 is 0. The van der Waals surface area contributed by atoms with E-state index < -0.39 is 0 Å². The quantitative estimate of drug-likeness (QED) is 0.926. The van der Waals surface area contributed by atoms with Crippen LogP contribution in [0, 0.1) is 5.92 Å². The van der Waals surface area contributed by atoms with Crippen molar-refractivity contribution in [2.45, 2.75) is 38.1 Å². The lowest BCUT2D eigenvalue weighted by Gasteiger charge is -2.30. The smallest absolute Gasteiger partial charge is 0.223 e. The van der Waals surface area contributed by atoms with E-state index in [1.165, 1.54) is 4.88 Å². The predicted molar refractivity (Wildman–Crippen MR) is 78.6 cm³/mol. The molecular formula is C15H20N2O2S. The molecule has 1 aromatic heterocycles. The minimum absolute atomic E-state index is 0.0789. The molecule has 1 saturated heterocycles. The normalized spacial score (nSPS) is 26.4. The van der Waals surface area contributed by atoms with Crippen molar-refractivity contribution < 1.29 is 9.59 Å². The number of amides is 2. The first-order valence-corrected chi connectivity index (χ1v) is 8.12. The topological polar surface area (TPSA) is 49.4 Å². The second-order valence-corrected chi connectivity index (χ2v) is 6.73. The van der Waals surface area contributed by atoms with Gasteiger partial charge in [-0.25, -0.2) is 0 Å². The van der Waals surface area contributed by atoms with Crippen LogP contribution in [-0.4, -0.2) is 35.8 Å². The van der Waals surface area contributed by atoms with Gasteiger partial charge in [-0.3, -0.25) is 9.59 Å². The fourth-order valence-corrected chi connectivity index (χ4v) is 3.84. The van der Waals surface area contributed by atoms with Crippen LogP contribution in [0.1, 0.15) is 37.0 Å². The van der Waals surface area contributed by atoms with Crippen molar-refractivity contribution in [3.05, 3.63) is 22.4 Å². The molecule has 2 aliphatic rings. The lowest BCUT2D eigenvalue weighted by atomic mass is 9.96. The van der Waals surface area contributed by atoms with Gasteiger partial charge in [-0.1, -0.05) is 6.07 Å². The summed E-state index contributed by atoms with van der Waals surface area (Å²) in [6.07, 6.45) is 2.65. The summed E-state index contributed by atoms with van der Waals surface area (Å²) in [6.45, 7) is 3.02. The van der Waals surface area contributed by atoms with Crippen LogP contribution >= 0.6 is 11.3 Å². The minimum atomic E-state index is 0.0789. The van der Waals surface area contributed by atoms with Gasteiger partial charge in [0.2, 0.25) is 11.8 Å². The molecule has 1 aromatic rings. The average Bonchev–Trinajstić information content (AvgIpc) is 3.00. The van der Waals surface area contributed by atoms with Gasteiger partial charge in [-0.15, -0.1) is 11.3 Å². The first kappa shape index (κ1) is 13.6. The van der Waals surface area contributed by atoms with Gasteiger partial charge in [-0.2, -0.15) is 0 Å². The highest BCUT2D eigenvalue weighted by Gasteiger charge is 2.41. The number of hydrogen-bond donors (Lipinski definition) is 1. The van der Waals surface area contributed by atoms with Crippen LogP contribution in [0.3, 0.4) is 0 Å². The molecule has 1 aliphatic heterocycles. The van der Waals surface area contributed by atoms with Gasteiger partial charge < -0.3 is 10.2 Å². The third-order valence-electron chi connectivity index (χ3n) is 4.34. The van der Waals surface area contributed by atoms with E-state index in [0.29, 0.717) is 25.0 Å². The van der Waals surface area contributed by atoms with E-state index in [-0.39, 0.29) is 17.7 Å². The molecule has 2 fully saturated rings. The highest BCUT2D eigenvalue weighted by Crippen LogP contribution is 2.43. The lowest BCUT2D eigenvalue weighted by Crippen LogP contribution is -2.42. The van der Waals surface area contributed by atoms with Crippen molar-refractivity contribution in [2.75, 3.05) is 13.1 Å². The van der Waals surface area contributed by atoms with E-state index in [2.05, 4.69) is 22.8 Å². The van der Waals surface area contributed by atoms with E-state index in [0.717, 1.165) is 19.3 Å². The zero-order valence-electron chi connectivity index (χ0n) is 11.7. The Morgan fingerprint density at radius 2 is 2.10 bits per heavy atom. The predicted octanol–water partition coefficient (Wildman–Crippen LogP) is 1.98. The van der Waals surface area contributed by atoms with Crippen LogP contribution in [0.2, 0.25) is 0 Å². The van der Waals surface area contributed by atoms with Crippen molar-refractivity contribution in [3.8, 4) is 0 Å². The number of carbonyl (C=O) groups is 2. The Bertz CT molecular complexity index is 492. The molecule has 2 unspecified atom stereocenters. The van der Waals surface area contributed by atoms with Crippen molar-refractivity contribution in [1.29, 1.82) is 0 Å². The first-order valence-electron chi connectivity index (χ1n) is 7.24. The van der Waals surface area contributed by atoms with Gasteiger partial charge in [0.1, 0.15) is 0 Å². The van der Waals surface area contributed by atoms with Crippen LogP contribution in [0.5, 0.6) is 0 Å². The third kappa shape index (κ3) is 2.87. The summed E-state index contributed by atoms with van der Waals surface area (Å²) in [5, 5.41) is 5.26. The zero-order chi connectivity index (χ0) is 14.1. The molecule has 0 aromatic carbocycles. The standard InChI is InChI=1S/C15H20N2O2S/c1-10(18)17-6-4-11(5-7-17)15(19)16-13-9-12(13)14-3-2-8-20-14/h2-3,8,11-13H,4-7,9H2,1H3,(H,16,19). The largest absolute Gasteiger partial charge is 0.352 e. The molecule has 0 radical (unpaired) electrons. The van der Waals surface area contributed by atoms with E-state index in [9.17, 15) is 9.59 Å². The van der Waals surface area contributed by atoms with Crippen LogP contribution < -0.4 is 5.32 Å². The van der Waals surface area contributed by atoms with Gasteiger partial charge in [0.05, 0.1) is 0 Å². The molecule has 2 amide bonds. The number of likely N-dealkylation sites (tertiary alicyclic amines) is 1. The third-order valence-corrected chi connectivity index (χ3v) is 5.34. The van der Waals surface area contributed by atoms with Gasteiger partial charge in [0.25, 0.3) is 0 Å². The summed E-state index contributed by atoms with van der Waals surface area (Å²) in [7, 11) is 0. The molecule has 0 bridgehead atoms. The number of rotatable bonds is 3. The number of nitrogens with zero attached hydrogens (tertiary/aromatic N) is 1. The van der Waals surface area contributed by atoms with Crippen LogP contribution in [0.25, 0.3) is 0 Å². The molecule has 3 rings (SSSR count). The Morgan fingerprint density at radius 1 is 1.35 bits per heavy atom. The molecule has 1 N–H and O–H groups in total. The molecule has 108 valence electrons. The maximum atomic E-state index is 12.2. The number of nitrogens with one attached hydrogen (secondary N) is 1. The van der Waals surface area contributed by atoms with Crippen molar-refractivity contribution in [1.82, 2.24) is 10.2 Å². The number of hydrogen-bond acceptors (Lipinski definition) is 3. The second kappa shape index (κ2) is 5.56.